The van der Waals surface area contributed by atoms with Crippen LogP contribution in [-0.4, -0.2) is 32.3 Å². The van der Waals surface area contributed by atoms with E-state index in [9.17, 15) is 9.59 Å². The third kappa shape index (κ3) is 3.35. The van der Waals surface area contributed by atoms with Gasteiger partial charge in [0, 0.05) is 6.54 Å². The summed E-state index contributed by atoms with van der Waals surface area (Å²) in [5.74, 6) is -0.580. The Labute approximate surface area is 127 Å². The van der Waals surface area contributed by atoms with Crippen molar-refractivity contribution in [2.24, 2.45) is 0 Å². The van der Waals surface area contributed by atoms with Crippen LogP contribution in [0.5, 0.6) is 0 Å². The Morgan fingerprint density at radius 3 is 2.40 bits per heavy atom. The van der Waals surface area contributed by atoms with Crippen molar-refractivity contribution in [2.45, 2.75) is 13.8 Å². The Morgan fingerprint density at radius 2 is 1.90 bits per heavy atom. The van der Waals surface area contributed by atoms with Gasteiger partial charge in [0.15, 0.2) is 0 Å². The molecule has 0 bridgehead atoms. The van der Waals surface area contributed by atoms with E-state index in [0.29, 0.717) is 0 Å². The molecule has 110 valence electrons. The van der Waals surface area contributed by atoms with Crippen LogP contribution in [0.1, 0.15) is 24.2 Å². The van der Waals surface area contributed by atoms with Crippen molar-refractivity contribution in [1.29, 1.82) is 0 Å². The maximum Gasteiger partial charge on any atom is 0.414 e. The molecule has 5 nitrogen and oxygen atoms in total. The number of carbonyl (C=O) groups excluding carboxylic acids is 2. The maximum atomic E-state index is 12.0. The second-order valence-corrected chi connectivity index (χ2v) is 4.48. The first-order chi connectivity index (χ1) is 9.47. The molecule has 7 heteroatoms. The van der Waals surface area contributed by atoms with Crippen LogP contribution in [0, 0.1) is 0 Å². The van der Waals surface area contributed by atoms with Gasteiger partial charge < -0.3 is 9.47 Å². The van der Waals surface area contributed by atoms with Crippen molar-refractivity contribution in [3.05, 3.63) is 27.7 Å². The summed E-state index contributed by atoms with van der Waals surface area (Å²) >= 11 is 12.1. The number of rotatable bonds is 4. The van der Waals surface area contributed by atoms with Gasteiger partial charge in [-0.2, -0.15) is 0 Å². The number of esters is 1. The molecule has 0 N–H and O–H groups in total. The molecule has 0 aromatic heterocycles. The zero-order chi connectivity index (χ0) is 15.3. The Balaban J connectivity index is 3.43. The zero-order valence-electron chi connectivity index (χ0n) is 11.4. The Kier molecular flexibility index (Phi) is 6.10. The van der Waals surface area contributed by atoms with Crippen LogP contribution in [0.15, 0.2) is 12.1 Å². The molecule has 0 heterocycles. The monoisotopic (exact) mass is 319 g/mol. The van der Waals surface area contributed by atoms with Gasteiger partial charge in [0.05, 0.1) is 35.0 Å². The van der Waals surface area contributed by atoms with Gasteiger partial charge in [-0.1, -0.05) is 23.2 Å². The highest BCUT2D eigenvalue weighted by molar-refractivity contribution is 6.44. The van der Waals surface area contributed by atoms with Gasteiger partial charge in [0.1, 0.15) is 0 Å². The van der Waals surface area contributed by atoms with E-state index >= 15 is 0 Å². The van der Waals surface area contributed by atoms with E-state index in [1.807, 2.05) is 0 Å². The lowest BCUT2D eigenvalue weighted by atomic mass is 10.1. The average molecular weight is 320 g/mol. The molecule has 1 aromatic rings. The fraction of sp³-hybridized carbons (Fsp3) is 0.385. The van der Waals surface area contributed by atoms with Gasteiger partial charge in [0.25, 0.3) is 0 Å². The van der Waals surface area contributed by atoms with E-state index in [2.05, 4.69) is 4.74 Å². The minimum absolute atomic E-state index is 0.101. The van der Waals surface area contributed by atoms with E-state index < -0.39 is 12.1 Å². The molecule has 0 saturated carbocycles. The van der Waals surface area contributed by atoms with Crippen molar-refractivity contribution in [3.8, 4) is 0 Å². The van der Waals surface area contributed by atoms with Crippen LogP contribution in [0.4, 0.5) is 10.5 Å². The Morgan fingerprint density at radius 1 is 1.25 bits per heavy atom. The molecule has 0 radical (unpaired) electrons. The maximum absolute atomic E-state index is 12.0. The van der Waals surface area contributed by atoms with E-state index in [1.165, 1.54) is 24.1 Å². The fourth-order valence-electron chi connectivity index (χ4n) is 1.67. The van der Waals surface area contributed by atoms with E-state index in [0.717, 1.165) is 0 Å². The van der Waals surface area contributed by atoms with Crippen molar-refractivity contribution in [1.82, 2.24) is 0 Å². The number of halogens is 2. The minimum Gasteiger partial charge on any atom is -0.462 e. The normalized spacial score (nSPS) is 10.1. The molecule has 0 aliphatic rings. The summed E-state index contributed by atoms with van der Waals surface area (Å²) in [6.45, 7) is 3.89. The van der Waals surface area contributed by atoms with Gasteiger partial charge in [0.2, 0.25) is 0 Å². The quantitative estimate of drug-likeness (QED) is 0.793. The molecule has 20 heavy (non-hydrogen) atoms. The second-order valence-electron chi connectivity index (χ2n) is 3.69. The standard InChI is InChI=1S/C13H15Cl2NO4/c1-4-16(13(18)19-3)11-8(12(17)20-5-2)6-7-9(14)10(11)15/h6-7H,4-5H2,1-3H3. The molecule has 0 saturated heterocycles. The van der Waals surface area contributed by atoms with E-state index in [1.54, 1.807) is 13.8 Å². The summed E-state index contributed by atoms with van der Waals surface area (Å²) in [7, 11) is 1.24. The van der Waals surface area contributed by atoms with Crippen LogP contribution >= 0.6 is 23.2 Å². The fourth-order valence-corrected chi connectivity index (χ4v) is 2.09. The number of hydrogen-bond acceptors (Lipinski definition) is 4. The number of nitrogens with zero attached hydrogens (tertiary/aromatic N) is 1. The third-order valence-corrected chi connectivity index (χ3v) is 3.34. The summed E-state index contributed by atoms with van der Waals surface area (Å²) in [5.41, 5.74) is 0.348. The lowest BCUT2D eigenvalue weighted by molar-refractivity contribution is 0.0527. The third-order valence-electron chi connectivity index (χ3n) is 2.55. The first kappa shape index (κ1) is 16.6. The lowest BCUT2D eigenvalue weighted by Gasteiger charge is -2.23. The molecular weight excluding hydrogens is 305 g/mol. The van der Waals surface area contributed by atoms with Gasteiger partial charge in [-0.3, -0.25) is 4.90 Å². The summed E-state index contributed by atoms with van der Waals surface area (Å²) < 4.78 is 9.63. The van der Waals surface area contributed by atoms with Crippen LogP contribution in [-0.2, 0) is 9.47 Å². The van der Waals surface area contributed by atoms with Crippen molar-refractivity contribution in [2.75, 3.05) is 25.2 Å². The van der Waals surface area contributed by atoms with Crippen LogP contribution < -0.4 is 4.90 Å². The van der Waals surface area contributed by atoms with Crippen LogP contribution in [0.2, 0.25) is 10.0 Å². The molecule has 0 aliphatic carbocycles. The first-order valence-corrected chi connectivity index (χ1v) is 6.74. The molecule has 1 rings (SSSR count). The number of methoxy groups -OCH3 is 1. The number of carbonyl (C=O) groups is 2. The molecule has 1 amide bonds. The Hall–Kier alpha value is -1.46. The molecule has 0 fully saturated rings. The van der Waals surface area contributed by atoms with Gasteiger partial charge in [-0.25, -0.2) is 9.59 Å². The predicted molar refractivity (Wildman–Crippen MR) is 77.8 cm³/mol. The summed E-state index contributed by atoms with van der Waals surface area (Å²) in [4.78, 5) is 25.0. The summed E-state index contributed by atoms with van der Waals surface area (Å²) in [5, 5.41) is 0.335. The lowest BCUT2D eigenvalue weighted by Crippen LogP contribution is -2.32. The molecular formula is C13H15Cl2NO4. The van der Waals surface area contributed by atoms with Crippen LogP contribution in [0.25, 0.3) is 0 Å². The SMILES string of the molecule is CCOC(=O)c1ccc(Cl)c(Cl)c1N(CC)C(=O)OC. The number of amides is 1. The van der Waals surface area contributed by atoms with Gasteiger partial charge >= 0.3 is 12.1 Å². The highest BCUT2D eigenvalue weighted by Gasteiger charge is 2.26. The first-order valence-electron chi connectivity index (χ1n) is 5.98. The van der Waals surface area contributed by atoms with E-state index in [4.69, 9.17) is 27.9 Å². The predicted octanol–water partition coefficient (Wildman–Crippen LogP) is 3.76. The molecule has 0 unspecified atom stereocenters. The Bertz CT molecular complexity index is 519. The largest absolute Gasteiger partial charge is 0.462 e. The number of benzene rings is 1. The summed E-state index contributed by atoms with van der Waals surface area (Å²) in [6.07, 6.45) is -0.637. The smallest absolute Gasteiger partial charge is 0.414 e. The van der Waals surface area contributed by atoms with Crippen molar-refractivity contribution < 1.29 is 19.1 Å². The number of anilines is 1. The van der Waals surface area contributed by atoms with Crippen molar-refractivity contribution in [3.63, 3.8) is 0 Å². The van der Waals surface area contributed by atoms with Crippen LogP contribution in [0.3, 0.4) is 0 Å². The summed E-state index contributed by atoms with van der Waals surface area (Å²) in [6, 6.07) is 2.94. The molecule has 0 spiro atoms. The molecule has 1 aromatic carbocycles. The minimum atomic E-state index is -0.637. The number of ether oxygens (including phenoxy) is 2. The molecule has 0 aliphatic heterocycles. The van der Waals surface area contributed by atoms with Gasteiger partial charge in [-0.05, 0) is 26.0 Å². The van der Waals surface area contributed by atoms with Crippen molar-refractivity contribution >= 4 is 41.0 Å². The second kappa shape index (κ2) is 7.36. The highest BCUT2D eigenvalue weighted by Crippen LogP contribution is 2.36. The average Bonchev–Trinajstić information content (AvgIpc) is 2.44. The topological polar surface area (TPSA) is 55.8 Å². The van der Waals surface area contributed by atoms with E-state index in [-0.39, 0.29) is 34.4 Å². The highest BCUT2D eigenvalue weighted by atomic mass is 35.5. The zero-order valence-corrected chi connectivity index (χ0v) is 12.9. The number of hydrogen-bond donors (Lipinski definition) is 0. The van der Waals surface area contributed by atoms with Gasteiger partial charge in [-0.15, -0.1) is 0 Å². The molecule has 0 atom stereocenters.